The number of benzene rings is 2. The van der Waals surface area contributed by atoms with Crippen molar-refractivity contribution in [2.24, 2.45) is 0 Å². The lowest BCUT2D eigenvalue weighted by molar-refractivity contribution is 0.0935. The zero-order chi connectivity index (χ0) is 21.4. The molecule has 0 radical (unpaired) electrons. The van der Waals surface area contributed by atoms with Crippen LogP contribution in [0.3, 0.4) is 0 Å². The summed E-state index contributed by atoms with van der Waals surface area (Å²) in [4.78, 5) is 12.4. The molecule has 0 heterocycles. The number of carbonyl (C=O) groups excluding carboxylic acids is 1. The fourth-order valence-electron chi connectivity index (χ4n) is 3.01. The second-order valence-corrected chi connectivity index (χ2v) is 8.76. The van der Waals surface area contributed by atoms with Gasteiger partial charge in [0.2, 0.25) is 10.0 Å². The van der Waals surface area contributed by atoms with Gasteiger partial charge in [0.1, 0.15) is 5.75 Å². The highest BCUT2D eigenvalue weighted by Crippen LogP contribution is 2.31. The van der Waals surface area contributed by atoms with Crippen LogP contribution in [-0.4, -0.2) is 33.2 Å². The molecule has 158 valence electrons. The molecular weight excluding hydrogens is 388 g/mol. The predicted molar refractivity (Wildman–Crippen MR) is 117 cm³/mol. The number of hydrogen-bond donors (Lipinski definition) is 1. The summed E-state index contributed by atoms with van der Waals surface area (Å²) in [6.07, 6.45) is 2.93. The number of sulfonamides is 1. The number of nitrogens with zero attached hydrogens (tertiary/aromatic N) is 1. The summed E-state index contributed by atoms with van der Waals surface area (Å²) < 4.78 is 31.8. The molecule has 0 aliphatic rings. The minimum atomic E-state index is -3.53. The van der Waals surface area contributed by atoms with Crippen LogP contribution in [0.25, 0.3) is 0 Å². The van der Waals surface area contributed by atoms with Crippen LogP contribution >= 0.6 is 0 Å². The molecule has 2 aromatic rings. The predicted octanol–water partition coefficient (Wildman–Crippen LogP) is 3.97. The zero-order valence-corrected chi connectivity index (χ0v) is 18.3. The topological polar surface area (TPSA) is 75.7 Å². The number of ether oxygens (including phenoxy) is 1. The molecule has 0 fully saturated rings. The molecule has 6 nitrogen and oxygen atoms in total. The van der Waals surface area contributed by atoms with Gasteiger partial charge in [0.15, 0.2) is 0 Å². The van der Waals surface area contributed by atoms with Gasteiger partial charge < -0.3 is 10.1 Å². The van der Waals surface area contributed by atoms with Crippen LogP contribution in [0, 0.1) is 0 Å². The smallest absolute Gasteiger partial charge is 0.251 e. The van der Waals surface area contributed by atoms with Gasteiger partial charge in [-0.25, -0.2) is 8.42 Å². The van der Waals surface area contributed by atoms with Gasteiger partial charge in [0.05, 0.1) is 25.1 Å². The summed E-state index contributed by atoms with van der Waals surface area (Å²) in [5.74, 6) is 0.397. The van der Waals surface area contributed by atoms with E-state index in [2.05, 4.69) is 5.32 Å². The monoisotopic (exact) mass is 418 g/mol. The maximum absolute atomic E-state index is 12.5. The molecule has 0 spiro atoms. The average molecular weight is 419 g/mol. The highest BCUT2D eigenvalue weighted by molar-refractivity contribution is 7.92. The van der Waals surface area contributed by atoms with E-state index in [4.69, 9.17) is 4.74 Å². The van der Waals surface area contributed by atoms with Crippen LogP contribution in [0.1, 0.15) is 49.5 Å². The zero-order valence-electron chi connectivity index (χ0n) is 17.5. The second-order valence-electron chi connectivity index (χ2n) is 6.85. The molecule has 0 aliphatic heterocycles. The molecule has 2 aromatic carbocycles. The van der Waals surface area contributed by atoms with E-state index in [1.807, 2.05) is 26.8 Å². The third-order valence-electron chi connectivity index (χ3n) is 4.70. The van der Waals surface area contributed by atoms with Crippen LogP contribution in [0.2, 0.25) is 0 Å². The van der Waals surface area contributed by atoms with Crippen molar-refractivity contribution in [3.8, 4) is 5.75 Å². The van der Waals surface area contributed by atoms with Gasteiger partial charge >= 0.3 is 0 Å². The minimum absolute atomic E-state index is 0.119. The molecule has 29 heavy (non-hydrogen) atoms. The molecule has 7 heteroatoms. The minimum Gasteiger partial charge on any atom is -0.492 e. The first-order valence-electron chi connectivity index (χ1n) is 9.89. The van der Waals surface area contributed by atoms with Crippen LogP contribution in [-0.2, 0) is 16.6 Å². The third kappa shape index (κ3) is 6.22. The van der Waals surface area contributed by atoms with E-state index in [0.29, 0.717) is 23.6 Å². The van der Waals surface area contributed by atoms with Crippen LogP contribution in [0.5, 0.6) is 5.75 Å². The molecule has 0 saturated heterocycles. The first-order valence-corrected chi connectivity index (χ1v) is 11.7. The van der Waals surface area contributed by atoms with Crippen LogP contribution < -0.4 is 14.4 Å². The van der Waals surface area contributed by atoms with Crippen molar-refractivity contribution < 1.29 is 17.9 Å². The molecule has 0 unspecified atom stereocenters. The summed E-state index contributed by atoms with van der Waals surface area (Å²) in [5.41, 5.74) is 1.83. The highest BCUT2D eigenvalue weighted by atomic mass is 32.2. The van der Waals surface area contributed by atoms with Crippen molar-refractivity contribution in [2.45, 2.75) is 46.2 Å². The number of hydrogen-bond acceptors (Lipinski definition) is 4. The number of nitrogens with one attached hydrogen (secondary N) is 1. The Hall–Kier alpha value is -2.54. The quantitative estimate of drug-likeness (QED) is 0.633. The van der Waals surface area contributed by atoms with Crippen molar-refractivity contribution in [2.75, 3.05) is 17.2 Å². The fourth-order valence-corrected chi connectivity index (χ4v) is 3.90. The lowest BCUT2D eigenvalue weighted by Crippen LogP contribution is -2.33. The van der Waals surface area contributed by atoms with Gasteiger partial charge in [-0.15, -0.1) is 0 Å². The van der Waals surface area contributed by atoms with Gasteiger partial charge in [0, 0.05) is 11.6 Å². The van der Waals surface area contributed by atoms with Crippen LogP contribution in [0.4, 0.5) is 5.69 Å². The van der Waals surface area contributed by atoms with Gasteiger partial charge in [-0.3, -0.25) is 9.10 Å². The molecule has 0 atom stereocenters. The van der Waals surface area contributed by atoms with Gasteiger partial charge in [-0.1, -0.05) is 38.1 Å². The molecule has 0 bridgehead atoms. The maximum atomic E-state index is 12.5. The summed E-state index contributed by atoms with van der Waals surface area (Å²) >= 11 is 0. The average Bonchev–Trinajstić information content (AvgIpc) is 2.70. The second kappa shape index (κ2) is 10.3. The Morgan fingerprint density at radius 1 is 1.03 bits per heavy atom. The van der Waals surface area contributed by atoms with Crippen molar-refractivity contribution in [1.29, 1.82) is 0 Å². The van der Waals surface area contributed by atoms with E-state index in [9.17, 15) is 13.2 Å². The third-order valence-corrected chi connectivity index (χ3v) is 5.82. The Morgan fingerprint density at radius 3 is 2.21 bits per heavy atom. The van der Waals surface area contributed by atoms with Crippen LogP contribution in [0.15, 0.2) is 48.5 Å². The largest absolute Gasteiger partial charge is 0.492 e. The highest BCUT2D eigenvalue weighted by Gasteiger charge is 2.21. The number of anilines is 1. The first kappa shape index (κ1) is 22.7. The fraction of sp³-hybridized carbons (Fsp3) is 0.409. The SMILES string of the molecule is CCOc1ccccc1N(Cc1ccc(C(=O)NC(CC)CC)cc1)S(C)(=O)=O. The van der Waals surface area contributed by atoms with E-state index in [1.54, 1.807) is 42.5 Å². The summed E-state index contributed by atoms with van der Waals surface area (Å²) in [5, 5.41) is 3.00. The standard InChI is InChI=1S/C22H30N2O4S/c1-5-19(6-2)23-22(25)18-14-12-17(13-15-18)16-24(29(4,26)27)20-10-8-9-11-21(20)28-7-3/h8-15,19H,5-7,16H2,1-4H3,(H,23,25). The first-order chi connectivity index (χ1) is 13.8. The lowest BCUT2D eigenvalue weighted by Gasteiger charge is -2.24. The molecule has 0 aromatic heterocycles. The number of para-hydroxylation sites is 2. The number of amides is 1. The molecule has 0 saturated carbocycles. The van der Waals surface area contributed by atoms with E-state index in [-0.39, 0.29) is 18.5 Å². The normalized spacial score (nSPS) is 11.3. The van der Waals surface area contributed by atoms with Crippen molar-refractivity contribution in [3.05, 3.63) is 59.7 Å². The molecular formula is C22H30N2O4S. The maximum Gasteiger partial charge on any atom is 0.251 e. The number of carbonyl (C=O) groups is 1. The van der Waals surface area contributed by atoms with Gasteiger partial charge in [-0.2, -0.15) is 0 Å². The van der Waals surface area contributed by atoms with E-state index in [0.717, 1.165) is 18.4 Å². The Morgan fingerprint density at radius 2 is 1.66 bits per heavy atom. The Kier molecular flexibility index (Phi) is 8.08. The molecule has 0 aliphatic carbocycles. The van der Waals surface area contributed by atoms with E-state index in [1.165, 1.54) is 10.6 Å². The summed E-state index contributed by atoms with van der Waals surface area (Å²) in [6, 6.07) is 14.2. The van der Waals surface area contributed by atoms with Gasteiger partial charge in [0.25, 0.3) is 5.91 Å². The molecule has 2 rings (SSSR count). The lowest BCUT2D eigenvalue weighted by atomic mass is 10.1. The molecule has 1 amide bonds. The van der Waals surface area contributed by atoms with E-state index >= 15 is 0 Å². The Balaban J connectivity index is 2.24. The van der Waals surface area contributed by atoms with E-state index < -0.39 is 10.0 Å². The summed E-state index contributed by atoms with van der Waals surface area (Å²) in [6.45, 7) is 6.52. The molecule has 1 N–H and O–H groups in total. The Labute approximate surface area is 173 Å². The Bertz CT molecular complexity index is 907. The van der Waals surface area contributed by atoms with Crippen molar-refractivity contribution in [1.82, 2.24) is 5.32 Å². The van der Waals surface area contributed by atoms with Crippen molar-refractivity contribution in [3.63, 3.8) is 0 Å². The summed E-state index contributed by atoms with van der Waals surface area (Å²) in [7, 11) is -3.53. The van der Waals surface area contributed by atoms with Crippen molar-refractivity contribution >= 4 is 21.6 Å². The van der Waals surface area contributed by atoms with Gasteiger partial charge in [-0.05, 0) is 49.6 Å². The number of rotatable bonds is 10.